The first-order valence-electron chi connectivity index (χ1n) is 7.01. The van der Waals surface area contributed by atoms with Crippen LogP contribution in [0.1, 0.15) is 36.8 Å². The number of amides is 2. The Labute approximate surface area is 115 Å². The minimum Gasteiger partial charge on any atom is -0.397 e. The van der Waals surface area contributed by atoms with Gasteiger partial charge in [-0.2, -0.15) is 0 Å². The van der Waals surface area contributed by atoms with Gasteiger partial charge < -0.3 is 16.0 Å². The van der Waals surface area contributed by atoms with Crippen molar-refractivity contribution >= 4 is 17.4 Å². The van der Waals surface area contributed by atoms with Crippen LogP contribution < -0.4 is 11.1 Å². The van der Waals surface area contributed by atoms with Crippen molar-refractivity contribution < 1.29 is 4.79 Å². The van der Waals surface area contributed by atoms with Gasteiger partial charge in [0, 0.05) is 13.1 Å². The molecule has 3 N–H and O–H groups in total. The van der Waals surface area contributed by atoms with E-state index >= 15 is 0 Å². The zero-order valence-corrected chi connectivity index (χ0v) is 11.8. The molecular weight excluding hydrogens is 238 g/mol. The van der Waals surface area contributed by atoms with Gasteiger partial charge in [0.15, 0.2) is 0 Å². The number of nitrogens with one attached hydrogen (secondary N) is 1. The van der Waals surface area contributed by atoms with Crippen molar-refractivity contribution in [3.05, 3.63) is 23.3 Å². The van der Waals surface area contributed by atoms with Gasteiger partial charge in [0.1, 0.15) is 0 Å². The third kappa shape index (κ3) is 3.19. The molecule has 1 aromatic carbocycles. The zero-order chi connectivity index (χ0) is 13.8. The number of benzene rings is 1. The highest BCUT2D eigenvalue weighted by atomic mass is 16.2. The standard InChI is InChI=1S/C15H23N3O/c1-11-7-8-13(16)14(12(11)2)17-15(19)18-9-5-3-4-6-10-18/h7-8H,3-6,9-10,16H2,1-2H3,(H,17,19). The summed E-state index contributed by atoms with van der Waals surface area (Å²) in [7, 11) is 0. The molecule has 4 nitrogen and oxygen atoms in total. The second kappa shape index (κ2) is 5.95. The van der Waals surface area contributed by atoms with Gasteiger partial charge in [0.25, 0.3) is 0 Å². The lowest BCUT2D eigenvalue weighted by Crippen LogP contribution is -2.36. The van der Waals surface area contributed by atoms with Crippen molar-refractivity contribution in [2.24, 2.45) is 0 Å². The van der Waals surface area contributed by atoms with Gasteiger partial charge in [-0.05, 0) is 43.9 Å². The number of likely N-dealkylation sites (tertiary alicyclic amines) is 1. The maximum Gasteiger partial charge on any atom is 0.321 e. The minimum atomic E-state index is -0.0256. The molecule has 1 heterocycles. The molecule has 4 heteroatoms. The largest absolute Gasteiger partial charge is 0.397 e. The van der Waals surface area contributed by atoms with E-state index in [2.05, 4.69) is 5.32 Å². The molecule has 0 saturated carbocycles. The van der Waals surface area contributed by atoms with E-state index in [1.54, 1.807) is 0 Å². The molecule has 19 heavy (non-hydrogen) atoms. The van der Waals surface area contributed by atoms with Gasteiger partial charge in [-0.15, -0.1) is 0 Å². The van der Waals surface area contributed by atoms with Crippen LogP contribution in [-0.2, 0) is 0 Å². The highest BCUT2D eigenvalue weighted by Gasteiger charge is 2.17. The number of urea groups is 1. The molecule has 104 valence electrons. The average Bonchev–Trinajstić information content (AvgIpc) is 2.68. The number of rotatable bonds is 1. The Morgan fingerprint density at radius 2 is 1.79 bits per heavy atom. The predicted octanol–water partition coefficient (Wildman–Crippen LogP) is 3.29. The van der Waals surface area contributed by atoms with E-state index in [4.69, 9.17) is 5.73 Å². The highest BCUT2D eigenvalue weighted by Crippen LogP contribution is 2.26. The monoisotopic (exact) mass is 261 g/mol. The predicted molar refractivity (Wildman–Crippen MR) is 79.4 cm³/mol. The van der Waals surface area contributed by atoms with Crippen LogP contribution in [0.15, 0.2) is 12.1 Å². The second-order valence-corrected chi connectivity index (χ2v) is 5.30. The number of nitrogens with zero attached hydrogens (tertiary/aromatic N) is 1. The fourth-order valence-corrected chi connectivity index (χ4v) is 2.46. The van der Waals surface area contributed by atoms with Gasteiger partial charge >= 0.3 is 6.03 Å². The molecule has 2 amide bonds. The van der Waals surface area contributed by atoms with Crippen molar-refractivity contribution in [3.63, 3.8) is 0 Å². The van der Waals surface area contributed by atoms with Crippen LogP contribution in [0.25, 0.3) is 0 Å². The van der Waals surface area contributed by atoms with E-state index in [9.17, 15) is 4.79 Å². The Morgan fingerprint density at radius 3 is 2.42 bits per heavy atom. The Hall–Kier alpha value is -1.71. The number of nitrogens with two attached hydrogens (primary N) is 1. The van der Waals surface area contributed by atoms with Gasteiger partial charge in [-0.1, -0.05) is 18.9 Å². The first-order chi connectivity index (χ1) is 9.09. The first kappa shape index (κ1) is 13.7. The van der Waals surface area contributed by atoms with Crippen LogP contribution in [0.3, 0.4) is 0 Å². The number of carbonyl (C=O) groups is 1. The Balaban J connectivity index is 2.12. The minimum absolute atomic E-state index is 0.0256. The third-order valence-corrected chi connectivity index (χ3v) is 3.89. The molecule has 0 radical (unpaired) electrons. The molecule has 1 aliphatic rings. The molecule has 1 aromatic rings. The summed E-state index contributed by atoms with van der Waals surface area (Å²) in [6.07, 6.45) is 4.62. The van der Waals surface area contributed by atoms with Crippen molar-refractivity contribution in [2.75, 3.05) is 24.1 Å². The maximum atomic E-state index is 12.3. The zero-order valence-electron chi connectivity index (χ0n) is 11.8. The lowest BCUT2D eigenvalue weighted by molar-refractivity contribution is 0.214. The SMILES string of the molecule is Cc1ccc(N)c(NC(=O)N2CCCCCC2)c1C. The van der Waals surface area contributed by atoms with E-state index in [1.807, 2.05) is 30.9 Å². The molecule has 2 rings (SSSR count). The summed E-state index contributed by atoms with van der Waals surface area (Å²) >= 11 is 0. The number of carbonyl (C=O) groups excluding carboxylic acids is 1. The van der Waals surface area contributed by atoms with E-state index < -0.39 is 0 Å². The topological polar surface area (TPSA) is 58.4 Å². The van der Waals surface area contributed by atoms with Crippen LogP contribution in [-0.4, -0.2) is 24.0 Å². The molecule has 0 spiro atoms. The maximum absolute atomic E-state index is 12.3. The third-order valence-electron chi connectivity index (χ3n) is 3.89. The average molecular weight is 261 g/mol. The van der Waals surface area contributed by atoms with Gasteiger partial charge in [0.2, 0.25) is 0 Å². The van der Waals surface area contributed by atoms with E-state index in [1.165, 1.54) is 12.8 Å². The Kier molecular flexibility index (Phi) is 4.30. The molecule has 0 unspecified atom stereocenters. The summed E-state index contributed by atoms with van der Waals surface area (Å²) in [6, 6.07) is 3.80. The number of nitrogen functional groups attached to an aromatic ring is 1. The van der Waals surface area contributed by atoms with Crippen molar-refractivity contribution in [2.45, 2.75) is 39.5 Å². The summed E-state index contributed by atoms with van der Waals surface area (Å²) in [6.45, 7) is 5.70. The highest BCUT2D eigenvalue weighted by molar-refractivity contribution is 5.94. The van der Waals surface area contributed by atoms with Crippen molar-refractivity contribution in [1.82, 2.24) is 4.90 Å². The summed E-state index contributed by atoms with van der Waals surface area (Å²) in [5.41, 5.74) is 9.54. The van der Waals surface area contributed by atoms with E-state index in [0.717, 1.165) is 42.7 Å². The lowest BCUT2D eigenvalue weighted by Gasteiger charge is -2.22. The van der Waals surface area contributed by atoms with Crippen molar-refractivity contribution in [3.8, 4) is 0 Å². The summed E-state index contributed by atoms with van der Waals surface area (Å²) in [5.74, 6) is 0. The number of aryl methyl sites for hydroxylation is 1. The van der Waals surface area contributed by atoms with Gasteiger partial charge in [-0.3, -0.25) is 0 Å². The van der Waals surface area contributed by atoms with E-state index in [0.29, 0.717) is 5.69 Å². The fraction of sp³-hybridized carbons (Fsp3) is 0.533. The molecule has 0 aromatic heterocycles. The van der Waals surface area contributed by atoms with Crippen molar-refractivity contribution in [1.29, 1.82) is 0 Å². The fourth-order valence-electron chi connectivity index (χ4n) is 2.46. The van der Waals surface area contributed by atoms with Crippen LogP contribution in [0, 0.1) is 13.8 Å². The van der Waals surface area contributed by atoms with Crippen LogP contribution in [0.2, 0.25) is 0 Å². The normalized spacial score (nSPS) is 16.0. The summed E-state index contributed by atoms with van der Waals surface area (Å²) < 4.78 is 0. The molecule has 0 aliphatic carbocycles. The van der Waals surface area contributed by atoms with Gasteiger partial charge in [0.05, 0.1) is 11.4 Å². The Bertz CT molecular complexity index is 463. The molecule has 1 saturated heterocycles. The first-order valence-corrected chi connectivity index (χ1v) is 7.01. The number of hydrogen-bond acceptors (Lipinski definition) is 2. The van der Waals surface area contributed by atoms with Crippen LogP contribution >= 0.6 is 0 Å². The number of anilines is 2. The second-order valence-electron chi connectivity index (χ2n) is 5.30. The van der Waals surface area contributed by atoms with Crippen LogP contribution in [0.4, 0.5) is 16.2 Å². The smallest absolute Gasteiger partial charge is 0.321 e. The summed E-state index contributed by atoms with van der Waals surface area (Å²) in [5, 5.41) is 2.98. The molecule has 0 atom stereocenters. The van der Waals surface area contributed by atoms with Gasteiger partial charge in [-0.25, -0.2) is 4.79 Å². The van der Waals surface area contributed by atoms with E-state index in [-0.39, 0.29) is 6.03 Å². The number of hydrogen-bond donors (Lipinski definition) is 2. The molecule has 1 aliphatic heterocycles. The van der Waals surface area contributed by atoms with Crippen LogP contribution in [0.5, 0.6) is 0 Å². The molecule has 0 bridgehead atoms. The quantitative estimate of drug-likeness (QED) is 0.762. The summed E-state index contributed by atoms with van der Waals surface area (Å²) in [4.78, 5) is 14.2. The molecular formula is C15H23N3O. The molecule has 1 fully saturated rings. The lowest BCUT2D eigenvalue weighted by atomic mass is 10.1. The Morgan fingerprint density at radius 1 is 1.16 bits per heavy atom.